The van der Waals surface area contributed by atoms with Crippen LogP contribution < -0.4 is 9.80 Å². The van der Waals surface area contributed by atoms with Gasteiger partial charge in [-0.1, -0.05) is 12.1 Å². The summed E-state index contributed by atoms with van der Waals surface area (Å²) >= 11 is 0. The summed E-state index contributed by atoms with van der Waals surface area (Å²) in [7, 11) is -3.57. The Hall–Kier alpha value is -3.15. The van der Waals surface area contributed by atoms with E-state index in [9.17, 15) is 36.5 Å². The number of nitrogens with zero attached hydrogens (tertiary/aromatic N) is 3. The smallest absolute Gasteiger partial charge is 0.288 e. The number of carbonyl (C=O) groups excluding carboxylic acids is 1. The molecule has 2 aromatic carbocycles. The fourth-order valence-electron chi connectivity index (χ4n) is 3.90. The third-order valence-electron chi connectivity index (χ3n) is 5.14. The molecule has 2 fully saturated rings. The molecule has 0 aromatic heterocycles. The van der Waals surface area contributed by atoms with Gasteiger partial charge in [0.15, 0.2) is 9.84 Å². The van der Waals surface area contributed by atoms with Gasteiger partial charge in [0.25, 0.3) is 5.69 Å². The minimum absolute atomic E-state index is 0.0881. The first-order valence-electron chi connectivity index (χ1n) is 8.72. The summed E-state index contributed by atoms with van der Waals surface area (Å²) in [6.45, 7) is 0. The highest BCUT2D eigenvalue weighted by Crippen LogP contribution is 2.40. The van der Waals surface area contributed by atoms with Crippen molar-refractivity contribution in [1.29, 1.82) is 0 Å². The summed E-state index contributed by atoms with van der Waals surface area (Å²) in [4.78, 5) is 25.8. The van der Waals surface area contributed by atoms with Crippen LogP contribution in [0, 0.1) is 10.1 Å². The number of carbonyl (C=O) groups is 1. The van der Waals surface area contributed by atoms with Gasteiger partial charge in [0, 0.05) is 17.8 Å². The zero-order chi connectivity index (χ0) is 21.8. The van der Waals surface area contributed by atoms with E-state index in [2.05, 4.69) is 0 Å². The van der Waals surface area contributed by atoms with Crippen LogP contribution in [0.2, 0.25) is 0 Å². The van der Waals surface area contributed by atoms with Crippen LogP contribution in [0.3, 0.4) is 0 Å². The molecule has 2 saturated heterocycles. The largest absolute Gasteiger partial charge is 0.416 e. The minimum Gasteiger partial charge on any atom is -0.288 e. The molecule has 158 valence electrons. The number of amides is 2. The predicted octanol–water partition coefficient (Wildman–Crippen LogP) is 3.23. The van der Waals surface area contributed by atoms with Crippen molar-refractivity contribution in [3.8, 4) is 0 Å². The van der Waals surface area contributed by atoms with Crippen LogP contribution in [0.1, 0.15) is 5.56 Å². The summed E-state index contributed by atoms with van der Waals surface area (Å²) in [5.74, 6) is -0.799. The Morgan fingerprint density at radius 1 is 0.967 bits per heavy atom. The van der Waals surface area contributed by atoms with Gasteiger partial charge in [-0.3, -0.25) is 19.9 Å². The van der Waals surface area contributed by atoms with Gasteiger partial charge in [0.1, 0.15) is 0 Å². The number of alkyl halides is 3. The molecule has 0 radical (unpaired) electrons. The van der Waals surface area contributed by atoms with Gasteiger partial charge in [0.2, 0.25) is 0 Å². The van der Waals surface area contributed by atoms with Crippen molar-refractivity contribution in [1.82, 2.24) is 0 Å². The van der Waals surface area contributed by atoms with Crippen LogP contribution in [0.25, 0.3) is 0 Å². The molecular formula is C18H14F3N3O5S. The minimum atomic E-state index is -4.64. The van der Waals surface area contributed by atoms with E-state index < -0.39 is 50.4 Å². The van der Waals surface area contributed by atoms with Gasteiger partial charge in [-0.25, -0.2) is 13.2 Å². The van der Waals surface area contributed by atoms with Crippen molar-refractivity contribution in [2.24, 2.45) is 0 Å². The molecule has 0 bridgehead atoms. The molecule has 0 aliphatic carbocycles. The molecular weight excluding hydrogens is 427 g/mol. The molecule has 2 heterocycles. The number of non-ortho nitro benzene ring substituents is 1. The van der Waals surface area contributed by atoms with E-state index >= 15 is 0 Å². The lowest BCUT2D eigenvalue weighted by Crippen LogP contribution is -2.38. The van der Waals surface area contributed by atoms with Gasteiger partial charge < -0.3 is 0 Å². The van der Waals surface area contributed by atoms with E-state index in [0.717, 1.165) is 34.1 Å². The highest BCUT2D eigenvalue weighted by atomic mass is 32.2. The molecule has 2 aromatic rings. The Balaban J connectivity index is 1.81. The van der Waals surface area contributed by atoms with Crippen molar-refractivity contribution < 1.29 is 31.3 Å². The van der Waals surface area contributed by atoms with Crippen molar-refractivity contribution >= 4 is 32.9 Å². The Morgan fingerprint density at radius 3 is 2.03 bits per heavy atom. The number of urea groups is 1. The van der Waals surface area contributed by atoms with Crippen LogP contribution in [-0.4, -0.2) is 43.0 Å². The first kappa shape index (κ1) is 20.1. The first-order valence-corrected chi connectivity index (χ1v) is 10.5. The van der Waals surface area contributed by atoms with Gasteiger partial charge in [-0.2, -0.15) is 13.2 Å². The zero-order valence-corrected chi connectivity index (χ0v) is 15.9. The fraction of sp³-hybridized carbons (Fsp3) is 0.278. The number of halogens is 3. The number of nitro benzene ring substituents is 1. The summed E-state index contributed by atoms with van der Waals surface area (Å²) in [5.41, 5.74) is -1.25. The van der Waals surface area contributed by atoms with Gasteiger partial charge in [-0.05, 0) is 24.3 Å². The lowest BCUT2D eigenvalue weighted by Gasteiger charge is -2.23. The molecule has 0 saturated carbocycles. The van der Waals surface area contributed by atoms with E-state index in [1.807, 2.05) is 0 Å². The molecule has 0 N–H and O–H groups in total. The maximum atomic E-state index is 13.2. The summed E-state index contributed by atoms with van der Waals surface area (Å²) < 4.78 is 63.9. The van der Waals surface area contributed by atoms with Crippen LogP contribution in [-0.2, 0) is 16.0 Å². The predicted molar refractivity (Wildman–Crippen MR) is 101 cm³/mol. The number of anilines is 2. The first-order chi connectivity index (χ1) is 14.0. The van der Waals surface area contributed by atoms with Gasteiger partial charge in [-0.15, -0.1) is 0 Å². The van der Waals surface area contributed by atoms with Crippen LogP contribution >= 0.6 is 0 Å². The molecule has 2 unspecified atom stereocenters. The Kier molecular flexibility index (Phi) is 4.49. The molecule has 30 heavy (non-hydrogen) atoms. The lowest BCUT2D eigenvalue weighted by atomic mass is 10.1. The Labute approximate surface area is 168 Å². The molecule has 2 aliphatic heterocycles. The SMILES string of the molecule is O=C1N(c2cccc([N+](=O)[O-])c2)C2CS(=O)(=O)CC2N1c1cccc(C(F)(F)F)c1. The number of hydrogen-bond acceptors (Lipinski definition) is 5. The summed E-state index contributed by atoms with van der Waals surface area (Å²) in [6.07, 6.45) is -4.64. The number of sulfone groups is 1. The molecule has 12 heteroatoms. The third-order valence-corrected chi connectivity index (χ3v) is 6.84. The molecule has 0 spiro atoms. The maximum Gasteiger partial charge on any atom is 0.416 e. The van der Waals surface area contributed by atoms with E-state index in [1.54, 1.807) is 0 Å². The van der Waals surface area contributed by atoms with Crippen molar-refractivity contribution in [3.05, 3.63) is 64.2 Å². The van der Waals surface area contributed by atoms with Gasteiger partial charge in [0.05, 0.1) is 39.8 Å². The monoisotopic (exact) mass is 441 g/mol. The van der Waals surface area contributed by atoms with Crippen molar-refractivity contribution in [2.45, 2.75) is 18.3 Å². The average Bonchev–Trinajstić information content (AvgIpc) is 3.09. The Bertz CT molecular complexity index is 1150. The standard InChI is InChI=1S/C18H14F3N3O5S/c19-18(20,21)11-3-1-4-12(7-11)22-15-9-30(28,29)10-16(15)23(17(22)25)13-5-2-6-14(8-13)24(26)27/h1-8,15-16H,9-10H2. The van der Waals surface area contributed by atoms with Crippen LogP contribution in [0.4, 0.5) is 35.0 Å². The van der Waals surface area contributed by atoms with Crippen LogP contribution in [0.15, 0.2) is 48.5 Å². The fourth-order valence-corrected chi connectivity index (χ4v) is 5.82. The summed E-state index contributed by atoms with van der Waals surface area (Å²) in [6, 6.07) is 6.68. The zero-order valence-electron chi connectivity index (χ0n) is 15.1. The number of fused-ring (bicyclic) bond motifs is 1. The third kappa shape index (κ3) is 3.36. The van der Waals surface area contributed by atoms with Crippen molar-refractivity contribution in [2.75, 3.05) is 21.3 Å². The highest BCUT2D eigenvalue weighted by molar-refractivity contribution is 7.91. The van der Waals surface area contributed by atoms with E-state index in [-0.39, 0.29) is 22.8 Å². The number of hydrogen-bond donors (Lipinski definition) is 0. The number of nitro groups is 1. The maximum absolute atomic E-state index is 13.2. The molecule has 4 rings (SSSR count). The molecule has 8 nitrogen and oxygen atoms in total. The van der Waals surface area contributed by atoms with Gasteiger partial charge >= 0.3 is 12.2 Å². The summed E-state index contributed by atoms with van der Waals surface area (Å²) in [5, 5.41) is 11.1. The number of rotatable bonds is 3. The van der Waals surface area contributed by atoms with E-state index in [4.69, 9.17) is 0 Å². The number of benzene rings is 2. The normalized spacial score (nSPS) is 23.0. The Morgan fingerprint density at radius 2 is 1.50 bits per heavy atom. The lowest BCUT2D eigenvalue weighted by molar-refractivity contribution is -0.384. The second-order valence-electron chi connectivity index (χ2n) is 7.06. The van der Waals surface area contributed by atoms with Crippen LogP contribution in [0.5, 0.6) is 0 Å². The molecule has 2 amide bonds. The average molecular weight is 441 g/mol. The topological polar surface area (TPSA) is 101 Å². The van der Waals surface area contributed by atoms with E-state index in [0.29, 0.717) is 0 Å². The van der Waals surface area contributed by atoms with Crippen molar-refractivity contribution in [3.63, 3.8) is 0 Å². The molecule has 2 atom stereocenters. The highest BCUT2D eigenvalue weighted by Gasteiger charge is 2.54. The molecule has 2 aliphatic rings. The van der Waals surface area contributed by atoms with E-state index in [1.165, 1.54) is 24.3 Å². The second-order valence-corrected chi connectivity index (χ2v) is 9.21. The second kappa shape index (κ2) is 6.69. The quantitative estimate of drug-likeness (QED) is 0.414.